The summed E-state index contributed by atoms with van der Waals surface area (Å²) in [5, 5.41) is 3.27. The lowest BCUT2D eigenvalue weighted by Gasteiger charge is -2.17. The fraction of sp³-hybridized carbons (Fsp3) is 0.562. The van der Waals surface area contributed by atoms with Crippen LogP contribution >= 0.6 is 0 Å². The lowest BCUT2D eigenvalue weighted by atomic mass is 9.98. The number of hydrogen-bond acceptors (Lipinski definition) is 2. The summed E-state index contributed by atoms with van der Waals surface area (Å²) in [6.45, 7) is 6.04. The molecule has 1 atom stereocenters. The van der Waals surface area contributed by atoms with E-state index in [1.165, 1.54) is 5.56 Å². The van der Waals surface area contributed by atoms with Gasteiger partial charge in [0.25, 0.3) is 0 Å². The van der Waals surface area contributed by atoms with Gasteiger partial charge in [-0.25, -0.2) is 0 Å². The van der Waals surface area contributed by atoms with Crippen molar-refractivity contribution < 1.29 is 4.74 Å². The summed E-state index contributed by atoms with van der Waals surface area (Å²) < 4.78 is 5.18. The normalized spacial score (nSPS) is 12.9. The Morgan fingerprint density at radius 2 is 1.95 bits per heavy atom. The molecule has 0 amide bonds. The predicted octanol–water partition coefficient (Wildman–Crippen LogP) is 2.72. The number of ether oxygens (including phenoxy) is 1. The molecule has 112 valence electrons. The number of rotatable bonds is 6. The van der Waals surface area contributed by atoms with Crippen molar-refractivity contribution in [3.8, 4) is 5.75 Å². The molecule has 0 bridgehead atoms. The highest BCUT2D eigenvalue weighted by atomic mass is 16.5. The molecule has 0 saturated carbocycles. The van der Waals surface area contributed by atoms with E-state index in [0.29, 0.717) is 5.92 Å². The summed E-state index contributed by atoms with van der Waals surface area (Å²) in [5.74, 6) is 2.35. The van der Waals surface area contributed by atoms with Gasteiger partial charge in [-0.3, -0.25) is 4.99 Å². The first-order valence-corrected chi connectivity index (χ1v) is 7.18. The zero-order valence-corrected chi connectivity index (χ0v) is 13.3. The minimum Gasteiger partial charge on any atom is -0.497 e. The van der Waals surface area contributed by atoms with Crippen LogP contribution in [0.2, 0.25) is 0 Å². The molecule has 20 heavy (non-hydrogen) atoms. The van der Waals surface area contributed by atoms with Crippen LogP contribution in [0.25, 0.3) is 0 Å². The van der Waals surface area contributed by atoms with E-state index in [-0.39, 0.29) is 0 Å². The average molecular weight is 277 g/mol. The molecule has 0 saturated heterocycles. The first-order valence-electron chi connectivity index (χ1n) is 7.18. The van der Waals surface area contributed by atoms with Crippen molar-refractivity contribution in [1.29, 1.82) is 0 Å². The van der Waals surface area contributed by atoms with E-state index in [2.05, 4.69) is 36.3 Å². The third-order valence-electron chi connectivity index (χ3n) is 3.27. The Morgan fingerprint density at radius 3 is 2.45 bits per heavy atom. The van der Waals surface area contributed by atoms with Crippen LogP contribution in [0.4, 0.5) is 0 Å². The fourth-order valence-corrected chi connectivity index (χ4v) is 1.98. The van der Waals surface area contributed by atoms with Crippen LogP contribution in [0.3, 0.4) is 0 Å². The molecule has 0 aliphatic rings. The molecule has 4 heteroatoms. The van der Waals surface area contributed by atoms with Gasteiger partial charge in [0, 0.05) is 27.2 Å². The maximum atomic E-state index is 5.18. The molecule has 4 nitrogen and oxygen atoms in total. The zero-order valence-electron chi connectivity index (χ0n) is 13.3. The molecule has 1 rings (SSSR count). The van der Waals surface area contributed by atoms with Gasteiger partial charge in [0.05, 0.1) is 7.11 Å². The molecule has 1 aromatic carbocycles. The number of nitrogens with zero attached hydrogens (tertiary/aromatic N) is 2. The van der Waals surface area contributed by atoms with Gasteiger partial charge in [-0.1, -0.05) is 19.1 Å². The van der Waals surface area contributed by atoms with Crippen molar-refractivity contribution in [2.75, 3.05) is 34.3 Å². The number of aliphatic imine (C=N–C) groups is 1. The van der Waals surface area contributed by atoms with Gasteiger partial charge in [0.2, 0.25) is 0 Å². The molecule has 0 aliphatic heterocycles. The summed E-state index contributed by atoms with van der Waals surface area (Å²) in [7, 11) is 5.71. The van der Waals surface area contributed by atoms with Crippen molar-refractivity contribution in [3.63, 3.8) is 0 Å². The number of nitrogens with one attached hydrogen (secondary N) is 1. The highest BCUT2D eigenvalue weighted by molar-refractivity contribution is 5.79. The van der Waals surface area contributed by atoms with Gasteiger partial charge in [0.15, 0.2) is 5.96 Å². The van der Waals surface area contributed by atoms with E-state index in [0.717, 1.165) is 31.2 Å². The van der Waals surface area contributed by atoms with E-state index in [9.17, 15) is 0 Å². The summed E-state index contributed by atoms with van der Waals surface area (Å²) in [6, 6.07) is 8.28. The molecule has 1 unspecified atom stereocenters. The van der Waals surface area contributed by atoms with Crippen LogP contribution in [0, 0.1) is 0 Å². The van der Waals surface area contributed by atoms with Crippen LogP contribution in [0.15, 0.2) is 29.3 Å². The minimum absolute atomic E-state index is 0.495. The van der Waals surface area contributed by atoms with Crippen molar-refractivity contribution >= 4 is 5.96 Å². The van der Waals surface area contributed by atoms with Crippen LogP contribution in [-0.2, 0) is 0 Å². The van der Waals surface area contributed by atoms with Gasteiger partial charge in [0.1, 0.15) is 5.75 Å². The van der Waals surface area contributed by atoms with E-state index in [1.54, 1.807) is 7.11 Å². The summed E-state index contributed by atoms with van der Waals surface area (Å²) in [6.07, 6.45) is 1.04. The Kier molecular flexibility index (Phi) is 6.91. The molecule has 0 fully saturated rings. The second kappa shape index (κ2) is 8.46. The van der Waals surface area contributed by atoms with E-state index >= 15 is 0 Å². The van der Waals surface area contributed by atoms with Gasteiger partial charge >= 0.3 is 0 Å². The quantitative estimate of drug-likeness (QED) is 0.641. The lowest BCUT2D eigenvalue weighted by molar-refractivity contribution is 0.414. The maximum Gasteiger partial charge on any atom is 0.193 e. The van der Waals surface area contributed by atoms with Crippen molar-refractivity contribution in [2.45, 2.75) is 26.2 Å². The Labute approximate surface area is 122 Å². The van der Waals surface area contributed by atoms with Gasteiger partial charge in [-0.05, 0) is 37.0 Å². The molecule has 0 aliphatic carbocycles. The van der Waals surface area contributed by atoms with Crippen molar-refractivity contribution in [1.82, 2.24) is 10.2 Å². The third kappa shape index (κ3) is 5.11. The first-order chi connectivity index (χ1) is 9.58. The molecule has 0 aromatic heterocycles. The van der Waals surface area contributed by atoms with Gasteiger partial charge in [-0.2, -0.15) is 0 Å². The van der Waals surface area contributed by atoms with E-state index < -0.39 is 0 Å². The first kappa shape index (κ1) is 16.3. The van der Waals surface area contributed by atoms with E-state index in [1.807, 2.05) is 31.1 Å². The standard InChI is InChI=1S/C16H27N3O/c1-6-17-16(19(3)4)18-12-11-13(2)14-7-9-15(20-5)10-8-14/h7-10,13H,6,11-12H2,1-5H3,(H,17,18). The second-order valence-electron chi connectivity index (χ2n) is 5.09. The molecular formula is C16H27N3O. The zero-order chi connectivity index (χ0) is 15.0. The average Bonchev–Trinajstić information content (AvgIpc) is 2.46. The van der Waals surface area contributed by atoms with Crippen LogP contribution in [-0.4, -0.2) is 45.2 Å². The number of hydrogen-bond donors (Lipinski definition) is 1. The fourth-order valence-electron chi connectivity index (χ4n) is 1.98. The summed E-state index contributed by atoms with van der Waals surface area (Å²) in [4.78, 5) is 6.63. The number of guanidine groups is 1. The highest BCUT2D eigenvalue weighted by Gasteiger charge is 2.06. The third-order valence-corrected chi connectivity index (χ3v) is 3.27. The monoisotopic (exact) mass is 277 g/mol. The molecule has 1 aromatic rings. The van der Waals surface area contributed by atoms with Gasteiger partial charge in [-0.15, -0.1) is 0 Å². The maximum absolute atomic E-state index is 5.18. The molecule has 0 spiro atoms. The minimum atomic E-state index is 0.495. The van der Waals surface area contributed by atoms with Crippen LogP contribution < -0.4 is 10.1 Å². The number of benzene rings is 1. The summed E-state index contributed by atoms with van der Waals surface area (Å²) >= 11 is 0. The van der Waals surface area contributed by atoms with Crippen molar-refractivity contribution in [3.05, 3.63) is 29.8 Å². The Morgan fingerprint density at radius 1 is 1.30 bits per heavy atom. The van der Waals surface area contributed by atoms with Crippen molar-refractivity contribution in [2.24, 2.45) is 4.99 Å². The van der Waals surface area contributed by atoms with Crippen LogP contribution in [0.5, 0.6) is 5.75 Å². The molecular weight excluding hydrogens is 250 g/mol. The Balaban J connectivity index is 2.53. The van der Waals surface area contributed by atoms with Crippen LogP contribution in [0.1, 0.15) is 31.7 Å². The van der Waals surface area contributed by atoms with E-state index in [4.69, 9.17) is 4.74 Å². The Bertz CT molecular complexity index is 412. The van der Waals surface area contributed by atoms with Gasteiger partial charge < -0.3 is 15.0 Å². The molecule has 1 N–H and O–H groups in total. The second-order valence-corrected chi connectivity index (χ2v) is 5.09. The predicted molar refractivity (Wildman–Crippen MR) is 85.7 cm³/mol. The highest BCUT2D eigenvalue weighted by Crippen LogP contribution is 2.21. The topological polar surface area (TPSA) is 36.9 Å². The lowest BCUT2D eigenvalue weighted by Crippen LogP contribution is -2.36. The molecule has 0 radical (unpaired) electrons. The number of methoxy groups -OCH3 is 1. The largest absolute Gasteiger partial charge is 0.497 e. The SMILES string of the molecule is CCNC(=NCCC(C)c1ccc(OC)cc1)N(C)C. The Hall–Kier alpha value is -1.71. The molecule has 0 heterocycles. The smallest absolute Gasteiger partial charge is 0.193 e. The summed E-state index contributed by atoms with van der Waals surface area (Å²) in [5.41, 5.74) is 1.33.